The van der Waals surface area contributed by atoms with Crippen molar-refractivity contribution >= 4 is 26.8 Å². The molecule has 1 saturated heterocycles. The van der Waals surface area contributed by atoms with Crippen LogP contribution in [0.15, 0.2) is 34.9 Å². The van der Waals surface area contributed by atoms with Gasteiger partial charge in [0.2, 0.25) is 0 Å². The standard InChI is InChI=1S/C17H22BrN3/c1-2-10-21-11-4-6-15(19)17(21)13-7-8-14(18)12-5-3-9-20-16(12)13/h3,5,7-9,15,17H,2,4,6,10-11,19H2,1H3. The fraction of sp³-hybridized carbons (Fsp3) is 0.471. The molecule has 2 N–H and O–H groups in total. The van der Waals surface area contributed by atoms with Crippen LogP contribution in [0.1, 0.15) is 37.8 Å². The van der Waals surface area contributed by atoms with Gasteiger partial charge in [0.1, 0.15) is 0 Å². The maximum atomic E-state index is 6.48. The number of benzene rings is 1. The smallest absolute Gasteiger partial charge is 0.0761 e. The van der Waals surface area contributed by atoms with Crippen molar-refractivity contribution < 1.29 is 0 Å². The number of likely N-dealkylation sites (tertiary alicyclic amines) is 1. The van der Waals surface area contributed by atoms with Gasteiger partial charge in [0, 0.05) is 22.1 Å². The minimum Gasteiger partial charge on any atom is -0.326 e. The summed E-state index contributed by atoms with van der Waals surface area (Å²) in [4.78, 5) is 7.17. The SMILES string of the molecule is CCCN1CCCC(N)C1c1ccc(Br)c2cccnc12. The largest absolute Gasteiger partial charge is 0.326 e. The Morgan fingerprint density at radius 1 is 1.38 bits per heavy atom. The van der Waals surface area contributed by atoms with Gasteiger partial charge in [-0.2, -0.15) is 0 Å². The van der Waals surface area contributed by atoms with E-state index in [9.17, 15) is 0 Å². The number of nitrogens with two attached hydrogens (primary N) is 1. The van der Waals surface area contributed by atoms with Crippen LogP contribution in [0.25, 0.3) is 10.9 Å². The first kappa shape index (κ1) is 14.9. The lowest BCUT2D eigenvalue weighted by Gasteiger charge is -2.40. The lowest BCUT2D eigenvalue weighted by molar-refractivity contribution is 0.129. The van der Waals surface area contributed by atoms with Crippen molar-refractivity contribution in [3.8, 4) is 0 Å². The highest BCUT2D eigenvalue weighted by molar-refractivity contribution is 9.10. The average Bonchev–Trinajstić information content (AvgIpc) is 2.50. The number of aromatic nitrogens is 1. The molecular weight excluding hydrogens is 326 g/mol. The molecule has 4 heteroatoms. The maximum Gasteiger partial charge on any atom is 0.0761 e. The fourth-order valence-electron chi connectivity index (χ4n) is 3.46. The first-order valence-corrected chi connectivity index (χ1v) is 8.54. The molecule has 2 atom stereocenters. The Labute approximate surface area is 134 Å². The van der Waals surface area contributed by atoms with Crippen LogP contribution in [0.2, 0.25) is 0 Å². The molecule has 1 aromatic carbocycles. The summed E-state index contributed by atoms with van der Waals surface area (Å²) in [5.41, 5.74) is 8.83. The van der Waals surface area contributed by atoms with E-state index in [-0.39, 0.29) is 12.1 Å². The van der Waals surface area contributed by atoms with Gasteiger partial charge < -0.3 is 5.73 Å². The fourth-order valence-corrected chi connectivity index (χ4v) is 3.91. The minimum atomic E-state index is 0.191. The normalized spacial score (nSPS) is 23.6. The Balaban J connectivity index is 2.11. The van der Waals surface area contributed by atoms with Crippen LogP contribution in [-0.4, -0.2) is 29.0 Å². The first-order chi connectivity index (χ1) is 10.2. The van der Waals surface area contributed by atoms with Gasteiger partial charge in [-0.1, -0.05) is 35.0 Å². The molecule has 0 amide bonds. The van der Waals surface area contributed by atoms with Gasteiger partial charge in [-0.05, 0) is 50.0 Å². The number of rotatable bonds is 3. The van der Waals surface area contributed by atoms with Crippen molar-refractivity contribution in [2.24, 2.45) is 5.73 Å². The van der Waals surface area contributed by atoms with Crippen molar-refractivity contribution in [3.05, 3.63) is 40.5 Å². The number of hydrogen-bond acceptors (Lipinski definition) is 3. The third-order valence-electron chi connectivity index (χ3n) is 4.36. The molecule has 3 nitrogen and oxygen atoms in total. The van der Waals surface area contributed by atoms with Crippen molar-refractivity contribution in [1.29, 1.82) is 0 Å². The lowest BCUT2D eigenvalue weighted by atomic mass is 9.89. The molecule has 1 fully saturated rings. The molecule has 1 aliphatic heterocycles. The van der Waals surface area contributed by atoms with Crippen molar-refractivity contribution in [2.75, 3.05) is 13.1 Å². The molecule has 0 saturated carbocycles. The molecule has 112 valence electrons. The Bertz CT molecular complexity index is 626. The number of fused-ring (bicyclic) bond motifs is 1. The van der Waals surface area contributed by atoms with E-state index in [1.54, 1.807) is 0 Å². The molecule has 2 unspecified atom stereocenters. The number of hydrogen-bond donors (Lipinski definition) is 1. The summed E-state index contributed by atoms with van der Waals surface area (Å²) in [6, 6.07) is 8.90. The second-order valence-electron chi connectivity index (χ2n) is 5.82. The molecule has 0 spiro atoms. The summed E-state index contributed by atoms with van der Waals surface area (Å²) in [7, 11) is 0. The highest BCUT2D eigenvalue weighted by Gasteiger charge is 2.31. The molecule has 21 heavy (non-hydrogen) atoms. The van der Waals surface area contributed by atoms with Crippen LogP contribution >= 0.6 is 15.9 Å². The Morgan fingerprint density at radius 2 is 2.24 bits per heavy atom. The quantitative estimate of drug-likeness (QED) is 0.916. The van der Waals surface area contributed by atoms with Gasteiger partial charge in [-0.3, -0.25) is 9.88 Å². The van der Waals surface area contributed by atoms with Crippen LogP contribution in [0.4, 0.5) is 0 Å². The van der Waals surface area contributed by atoms with Gasteiger partial charge >= 0.3 is 0 Å². The molecule has 3 rings (SSSR count). The number of pyridine rings is 1. The third-order valence-corrected chi connectivity index (χ3v) is 5.05. The summed E-state index contributed by atoms with van der Waals surface area (Å²) >= 11 is 3.63. The summed E-state index contributed by atoms with van der Waals surface area (Å²) in [5.74, 6) is 0. The van der Waals surface area contributed by atoms with E-state index in [1.807, 2.05) is 12.3 Å². The molecule has 1 aromatic heterocycles. The molecule has 2 heterocycles. The van der Waals surface area contributed by atoms with Gasteiger partial charge in [0.15, 0.2) is 0 Å². The van der Waals surface area contributed by atoms with Crippen LogP contribution < -0.4 is 5.73 Å². The average molecular weight is 348 g/mol. The Kier molecular flexibility index (Phi) is 4.57. The van der Waals surface area contributed by atoms with Gasteiger partial charge in [0.25, 0.3) is 0 Å². The van der Waals surface area contributed by atoms with E-state index >= 15 is 0 Å². The van der Waals surface area contributed by atoms with Gasteiger partial charge in [0.05, 0.1) is 11.6 Å². The molecule has 1 aliphatic rings. The summed E-state index contributed by atoms with van der Waals surface area (Å²) in [6.07, 6.45) is 5.32. The van der Waals surface area contributed by atoms with Crippen LogP contribution in [-0.2, 0) is 0 Å². The Morgan fingerprint density at radius 3 is 3.05 bits per heavy atom. The molecule has 0 aliphatic carbocycles. The Hall–Kier alpha value is -0.970. The lowest BCUT2D eigenvalue weighted by Crippen LogP contribution is -2.46. The predicted octanol–water partition coefficient (Wildman–Crippen LogP) is 3.87. The zero-order valence-electron chi connectivity index (χ0n) is 12.4. The number of nitrogens with zero attached hydrogens (tertiary/aromatic N) is 2. The topological polar surface area (TPSA) is 42.1 Å². The molecule has 0 bridgehead atoms. The third kappa shape index (κ3) is 2.85. The van der Waals surface area contributed by atoms with Crippen molar-refractivity contribution in [3.63, 3.8) is 0 Å². The summed E-state index contributed by atoms with van der Waals surface area (Å²) in [6.45, 7) is 4.47. The first-order valence-electron chi connectivity index (χ1n) is 7.75. The zero-order valence-corrected chi connectivity index (χ0v) is 14.0. The zero-order chi connectivity index (χ0) is 14.8. The molecule has 0 radical (unpaired) electrons. The van der Waals surface area contributed by atoms with Crippen molar-refractivity contribution in [1.82, 2.24) is 9.88 Å². The second kappa shape index (κ2) is 6.42. The van der Waals surface area contributed by atoms with Crippen LogP contribution in [0, 0.1) is 0 Å². The van der Waals surface area contributed by atoms with E-state index in [0.717, 1.165) is 35.9 Å². The summed E-state index contributed by atoms with van der Waals surface area (Å²) in [5, 5.41) is 1.17. The maximum absolute atomic E-state index is 6.48. The predicted molar refractivity (Wildman–Crippen MR) is 91.3 cm³/mol. The van der Waals surface area contributed by atoms with E-state index in [2.05, 4.69) is 50.9 Å². The number of halogens is 1. The van der Waals surface area contributed by atoms with E-state index in [1.165, 1.54) is 17.4 Å². The minimum absolute atomic E-state index is 0.191. The van der Waals surface area contributed by atoms with E-state index < -0.39 is 0 Å². The second-order valence-corrected chi connectivity index (χ2v) is 6.68. The number of piperidine rings is 1. The highest BCUT2D eigenvalue weighted by Crippen LogP contribution is 2.35. The van der Waals surface area contributed by atoms with Crippen LogP contribution in [0.5, 0.6) is 0 Å². The van der Waals surface area contributed by atoms with Gasteiger partial charge in [-0.25, -0.2) is 0 Å². The van der Waals surface area contributed by atoms with E-state index in [4.69, 9.17) is 5.73 Å². The summed E-state index contributed by atoms with van der Waals surface area (Å²) < 4.78 is 1.10. The monoisotopic (exact) mass is 347 g/mol. The van der Waals surface area contributed by atoms with Crippen molar-refractivity contribution in [2.45, 2.75) is 38.3 Å². The molecule has 2 aromatic rings. The highest BCUT2D eigenvalue weighted by atomic mass is 79.9. The van der Waals surface area contributed by atoms with E-state index in [0.29, 0.717) is 0 Å². The van der Waals surface area contributed by atoms with Crippen LogP contribution in [0.3, 0.4) is 0 Å². The van der Waals surface area contributed by atoms with Gasteiger partial charge in [-0.15, -0.1) is 0 Å². The molecular formula is C17H22BrN3.